The minimum absolute atomic E-state index is 0.0519. The first kappa shape index (κ1) is 54.1. The number of rotatable bonds is 12. The molecule has 3 aliphatic rings. The lowest BCUT2D eigenvalue weighted by atomic mass is 10.1. The zero-order chi connectivity index (χ0) is 48.1. The highest BCUT2D eigenvalue weighted by molar-refractivity contribution is 5.93. The number of aryl methyl sites for hydroxylation is 1. The molecule has 3 saturated heterocycles. The van der Waals surface area contributed by atoms with Crippen LogP contribution in [0.5, 0.6) is 5.75 Å². The highest BCUT2D eigenvalue weighted by Crippen LogP contribution is 2.25. The maximum atomic E-state index is 13.4. The number of esters is 1. The maximum Gasteiger partial charge on any atom is 0.573 e. The molecule has 356 valence electrons. The second kappa shape index (κ2) is 26.5. The Labute approximate surface area is 368 Å². The van der Waals surface area contributed by atoms with Gasteiger partial charge in [-0.3, -0.25) is 24.0 Å². The average Bonchev–Trinajstić information content (AvgIpc) is 3.92. The summed E-state index contributed by atoms with van der Waals surface area (Å²) in [5.74, 6) is -3.47. The first-order valence-electron chi connectivity index (χ1n) is 20.7. The van der Waals surface area contributed by atoms with Crippen LogP contribution in [0.1, 0.15) is 72.3 Å². The van der Waals surface area contributed by atoms with Crippen LogP contribution in [-0.2, 0) is 38.2 Å². The number of anilines is 1. The van der Waals surface area contributed by atoms with Crippen molar-refractivity contribution < 1.29 is 69.7 Å². The Bertz CT molecular complexity index is 1820. The number of morpholine rings is 1. The first-order chi connectivity index (χ1) is 30.2. The molecular formula is C42H58F5N7O10. The zero-order valence-corrected chi connectivity index (χ0v) is 36.7. The number of nitrogens with two attached hydrogens (primary N) is 1. The molecule has 3 heterocycles. The van der Waals surface area contributed by atoms with Gasteiger partial charge < -0.3 is 50.6 Å². The lowest BCUT2D eigenvalue weighted by Crippen LogP contribution is -2.60. The quantitative estimate of drug-likeness (QED) is 0.135. The second-order valence-corrected chi connectivity index (χ2v) is 14.8. The fourth-order valence-electron chi connectivity index (χ4n) is 6.60. The largest absolute Gasteiger partial charge is 0.573 e. The highest BCUT2D eigenvalue weighted by atomic mass is 19.4. The van der Waals surface area contributed by atoms with Gasteiger partial charge in [0.2, 0.25) is 30.0 Å². The number of primary amides is 1. The van der Waals surface area contributed by atoms with E-state index in [1.165, 1.54) is 39.0 Å². The molecule has 4 unspecified atom stereocenters. The van der Waals surface area contributed by atoms with Crippen LogP contribution in [0.15, 0.2) is 42.5 Å². The molecule has 3 fully saturated rings. The van der Waals surface area contributed by atoms with E-state index in [0.717, 1.165) is 24.6 Å². The number of carbonyl (C=O) groups excluding carboxylic acids is 7. The number of nitrogens with one attached hydrogen (secondary N) is 3. The van der Waals surface area contributed by atoms with Crippen molar-refractivity contribution >= 4 is 47.7 Å². The Morgan fingerprint density at radius 3 is 2.06 bits per heavy atom. The lowest BCUT2D eigenvalue weighted by Gasteiger charge is -2.38. The third-order valence-electron chi connectivity index (χ3n) is 9.26. The van der Waals surface area contributed by atoms with Gasteiger partial charge in [-0.2, -0.15) is 0 Å². The predicted octanol–water partition coefficient (Wildman–Crippen LogP) is 4.16. The molecule has 0 radical (unpaired) electrons. The monoisotopic (exact) mass is 915 g/mol. The topological polar surface area (TPSA) is 219 Å². The van der Waals surface area contributed by atoms with Crippen LogP contribution in [0.3, 0.4) is 0 Å². The summed E-state index contributed by atoms with van der Waals surface area (Å²) < 4.78 is 74.6. The van der Waals surface area contributed by atoms with Crippen molar-refractivity contribution in [3.63, 3.8) is 0 Å². The first-order valence-corrected chi connectivity index (χ1v) is 20.7. The van der Waals surface area contributed by atoms with Crippen LogP contribution < -0.4 is 26.4 Å². The molecule has 5 rings (SSSR count). The summed E-state index contributed by atoms with van der Waals surface area (Å²) in [6, 6.07) is 5.16. The van der Waals surface area contributed by atoms with Crippen LogP contribution in [0.25, 0.3) is 0 Å². The van der Waals surface area contributed by atoms with E-state index in [4.69, 9.17) is 15.2 Å². The van der Waals surface area contributed by atoms with Crippen molar-refractivity contribution in [1.29, 1.82) is 0 Å². The van der Waals surface area contributed by atoms with Crippen LogP contribution >= 0.6 is 0 Å². The molecule has 0 aliphatic carbocycles. The number of urea groups is 1. The van der Waals surface area contributed by atoms with Gasteiger partial charge in [0.1, 0.15) is 41.6 Å². The summed E-state index contributed by atoms with van der Waals surface area (Å²) in [6.07, 6.45) is -2.37. The number of hydrogen-bond donors (Lipinski definition) is 4. The Morgan fingerprint density at radius 2 is 1.50 bits per heavy atom. The third-order valence-corrected chi connectivity index (χ3v) is 9.26. The van der Waals surface area contributed by atoms with Gasteiger partial charge >= 0.3 is 18.4 Å². The molecule has 0 aromatic heterocycles. The molecule has 2 aromatic rings. The van der Waals surface area contributed by atoms with E-state index >= 15 is 0 Å². The summed E-state index contributed by atoms with van der Waals surface area (Å²) >= 11 is 0. The smallest absolute Gasteiger partial charge is 0.461 e. The van der Waals surface area contributed by atoms with Gasteiger partial charge in [-0.25, -0.2) is 18.4 Å². The molecule has 2 aromatic carbocycles. The number of hydrogen-bond acceptors (Lipinski definition) is 10. The van der Waals surface area contributed by atoms with Crippen molar-refractivity contribution in [3.05, 3.63) is 59.7 Å². The van der Waals surface area contributed by atoms with E-state index in [-0.39, 0.29) is 55.6 Å². The highest BCUT2D eigenvalue weighted by Gasteiger charge is 2.42. The Morgan fingerprint density at radius 1 is 0.891 bits per heavy atom. The van der Waals surface area contributed by atoms with Crippen molar-refractivity contribution in [2.45, 2.75) is 110 Å². The minimum Gasteiger partial charge on any atom is -0.461 e. The summed E-state index contributed by atoms with van der Waals surface area (Å²) in [7, 11) is 0. The van der Waals surface area contributed by atoms with Gasteiger partial charge in [-0.15, -0.1) is 13.2 Å². The molecule has 3 aliphatic heterocycles. The van der Waals surface area contributed by atoms with E-state index in [1.807, 2.05) is 27.7 Å². The predicted molar refractivity (Wildman–Crippen MR) is 222 cm³/mol. The molecule has 17 nitrogen and oxygen atoms in total. The van der Waals surface area contributed by atoms with Gasteiger partial charge in [0.15, 0.2) is 0 Å². The molecule has 0 spiro atoms. The fraction of sp³-hybridized carbons (Fsp3) is 0.548. The van der Waals surface area contributed by atoms with Crippen LogP contribution in [0.2, 0.25) is 0 Å². The second-order valence-electron chi connectivity index (χ2n) is 14.8. The van der Waals surface area contributed by atoms with Gasteiger partial charge in [-0.05, 0) is 95.3 Å². The normalized spacial score (nSPS) is 18.4. The number of amides is 7. The number of nitrogens with zero attached hydrogens (tertiary/aromatic N) is 3. The number of likely N-dealkylation sites (tertiary alicyclic amines) is 2. The standard InChI is InChI=1S/C23H36N4O7.C10H10F3N3O3.C7H6F2.C2H6/c1-15(2)24-21(30)19-13-33-11-10-27(19)22(31)17-6-5-9-26(17)20(29)12-16(3)34-23(32)18-7-4-8-25(18)14-28;11-10(12,13)19-7-3-1-6(2-4-7)16-9(18)15-5-8(14)17;1-5-2-6(8)4-7(9)3-5;1-2/h14-19H,4-13H2,1-3H3,(H,24,30);1-4H,5H2,(H2,14,17)(H2,15,16,18);2-4H,1H3;1-2H3. The van der Waals surface area contributed by atoms with Gasteiger partial charge in [0.05, 0.1) is 26.2 Å². The third kappa shape index (κ3) is 18.7. The van der Waals surface area contributed by atoms with Gasteiger partial charge in [-0.1, -0.05) is 13.8 Å². The number of alkyl halides is 3. The zero-order valence-electron chi connectivity index (χ0n) is 36.7. The number of carbonyl (C=O) groups is 7. The Kier molecular flexibility index (Phi) is 22.4. The van der Waals surface area contributed by atoms with Crippen molar-refractivity contribution in [2.75, 3.05) is 44.7 Å². The van der Waals surface area contributed by atoms with Crippen molar-refractivity contribution in [3.8, 4) is 5.75 Å². The van der Waals surface area contributed by atoms with Gasteiger partial charge in [0.25, 0.3) is 0 Å². The molecule has 5 N–H and O–H groups in total. The molecule has 0 saturated carbocycles. The molecular weight excluding hydrogens is 857 g/mol. The summed E-state index contributed by atoms with van der Waals surface area (Å²) in [6.45, 7) is 12.3. The SMILES string of the molecule is CC.CC(C)NC(=O)C1COCCN1C(=O)C1CCCN1C(=O)CC(C)OC(=O)C1CCCN1C=O.Cc1cc(F)cc(F)c1.NC(=O)CNC(=O)Nc1ccc(OC(F)(F)F)cc1. The summed E-state index contributed by atoms with van der Waals surface area (Å²) in [5.41, 5.74) is 5.65. The number of ether oxygens (including phenoxy) is 3. The molecule has 64 heavy (non-hydrogen) atoms. The molecule has 7 amide bonds. The summed E-state index contributed by atoms with van der Waals surface area (Å²) in [5, 5.41) is 7.27. The minimum atomic E-state index is -4.77. The van der Waals surface area contributed by atoms with E-state index in [2.05, 4.69) is 20.7 Å². The van der Waals surface area contributed by atoms with Crippen LogP contribution in [-0.4, -0.2) is 133 Å². The van der Waals surface area contributed by atoms with E-state index < -0.39 is 65.9 Å². The Hall–Kier alpha value is -6.06. The van der Waals surface area contributed by atoms with Crippen LogP contribution in [0, 0.1) is 18.6 Å². The number of benzene rings is 2. The lowest BCUT2D eigenvalue weighted by molar-refractivity contribution is -0.274. The molecule has 0 bridgehead atoms. The molecule has 4 atom stereocenters. The van der Waals surface area contributed by atoms with Crippen LogP contribution in [0.4, 0.5) is 32.4 Å². The summed E-state index contributed by atoms with van der Waals surface area (Å²) in [4.78, 5) is 88.6. The maximum absolute atomic E-state index is 13.4. The van der Waals surface area contributed by atoms with E-state index in [0.29, 0.717) is 50.9 Å². The Balaban J connectivity index is 0.000000390. The fourth-order valence-corrected chi connectivity index (χ4v) is 6.60. The van der Waals surface area contributed by atoms with Crippen molar-refractivity contribution in [1.82, 2.24) is 25.3 Å². The average molecular weight is 916 g/mol. The number of halogens is 5. The van der Waals surface area contributed by atoms with Crippen molar-refractivity contribution in [2.24, 2.45) is 5.73 Å². The van der Waals surface area contributed by atoms with E-state index in [9.17, 15) is 55.5 Å². The van der Waals surface area contributed by atoms with Gasteiger partial charge in [0, 0.05) is 37.4 Å². The van der Waals surface area contributed by atoms with E-state index in [1.54, 1.807) is 13.8 Å². The molecule has 22 heteroatoms.